The number of hydrogen-bond donors (Lipinski definition) is 0. The van der Waals surface area contributed by atoms with E-state index < -0.39 is 0 Å². The highest BCUT2D eigenvalue weighted by atomic mass is 14.2. The lowest BCUT2D eigenvalue weighted by Gasteiger charge is -2.18. The van der Waals surface area contributed by atoms with Gasteiger partial charge in [0.25, 0.3) is 0 Å². The highest BCUT2D eigenvalue weighted by Gasteiger charge is 2.11. The summed E-state index contributed by atoms with van der Waals surface area (Å²) in [7, 11) is 0. The Hall–Kier alpha value is -1.04. The average Bonchev–Trinajstić information content (AvgIpc) is 2.34. The van der Waals surface area contributed by atoms with E-state index >= 15 is 0 Å². The van der Waals surface area contributed by atoms with Gasteiger partial charge < -0.3 is 0 Å². The van der Waals surface area contributed by atoms with Crippen LogP contribution in [-0.2, 0) is 6.42 Å². The summed E-state index contributed by atoms with van der Waals surface area (Å²) in [6.07, 6.45) is 8.85. The molecule has 0 radical (unpaired) electrons. The molecular weight excluding hydrogens is 192 g/mol. The van der Waals surface area contributed by atoms with E-state index in [0.717, 1.165) is 6.42 Å². The van der Waals surface area contributed by atoms with E-state index in [4.69, 9.17) is 0 Å². The van der Waals surface area contributed by atoms with Crippen LogP contribution >= 0.6 is 0 Å². The highest BCUT2D eigenvalue weighted by Crippen LogP contribution is 2.31. The summed E-state index contributed by atoms with van der Waals surface area (Å²) in [6.45, 7) is 6.78. The van der Waals surface area contributed by atoms with Crippen molar-refractivity contribution in [1.82, 2.24) is 0 Å². The summed E-state index contributed by atoms with van der Waals surface area (Å²) in [6, 6.07) is 4.64. The molecule has 0 amide bonds. The topological polar surface area (TPSA) is 0 Å². The van der Waals surface area contributed by atoms with Crippen molar-refractivity contribution in [3.8, 4) is 0 Å². The molecule has 1 aliphatic carbocycles. The Balaban J connectivity index is 2.42. The van der Waals surface area contributed by atoms with Crippen molar-refractivity contribution in [2.45, 2.75) is 52.9 Å². The van der Waals surface area contributed by atoms with Gasteiger partial charge in [-0.3, -0.25) is 0 Å². The standard InChI is InChI=1S/C16H22/c1-4-14-10-11-16(13(3)12(14)2)15-8-6-5-7-9-15/h8,10-11H,4-7,9H2,1-3H3. The quantitative estimate of drug-likeness (QED) is 0.662. The molecule has 0 heterocycles. The maximum absolute atomic E-state index is 2.44. The van der Waals surface area contributed by atoms with Crippen molar-refractivity contribution in [3.63, 3.8) is 0 Å². The molecule has 1 aromatic rings. The van der Waals surface area contributed by atoms with Gasteiger partial charge in [-0.25, -0.2) is 0 Å². The van der Waals surface area contributed by atoms with Crippen LogP contribution in [0.3, 0.4) is 0 Å². The Kier molecular flexibility index (Phi) is 3.48. The van der Waals surface area contributed by atoms with E-state index in [1.807, 2.05) is 0 Å². The van der Waals surface area contributed by atoms with Gasteiger partial charge in [-0.05, 0) is 73.8 Å². The van der Waals surface area contributed by atoms with Crippen LogP contribution in [0.25, 0.3) is 5.57 Å². The smallest absolute Gasteiger partial charge is 0.0196 e. The van der Waals surface area contributed by atoms with Crippen LogP contribution in [0.2, 0.25) is 0 Å². The van der Waals surface area contributed by atoms with Gasteiger partial charge in [0.05, 0.1) is 0 Å². The molecule has 0 fully saturated rings. The molecule has 0 aliphatic heterocycles. The van der Waals surface area contributed by atoms with Crippen molar-refractivity contribution in [2.75, 3.05) is 0 Å². The molecule has 0 bridgehead atoms. The molecule has 2 rings (SSSR count). The van der Waals surface area contributed by atoms with Gasteiger partial charge in [-0.1, -0.05) is 25.1 Å². The predicted molar refractivity (Wildman–Crippen MR) is 71.7 cm³/mol. The molecule has 0 nitrogen and oxygen atoms in total. The van der Waals surface area contributed by atoms with Crippen LogP contribution in [0.4, 0.5) is 0 Å². The van der Waals surface area contributed by atoms with Gasteiger partial charge in [-0.15, -0.1) is 0 Å². The molecule has 0 N–H and O–H groups in total. The summed E-state index contributed by atoms with van der Waals surface area (Å²) in [5, 5.41) is 0. The van der Waals surface area contributed by atoms with Crippen molar-refractivity contribution >= 4 is 5.57 Å². The van der Waals surface area contributed by atoms with E-state index in [-0.39, 0.29) is 0 Å². The zero-order valence-corrected chi connectivity index (χ0v) is 10.8. The number of aryl methyl sites for hydroxylation is 1. The van der Waals surface area contributed by atoms with Crippen LogP contribution in [0.15, 0.2) is 18.2 Å². The van der Waals surface area contributed by atoms with Crippen molar-refractivity contribution in [1.29, 1.82) is 0 Å². The summed E-state index contributed by atoms with van der Waals surface area (Å²) in [5.41, 5.74) is 7.56. The lowest BCUT2D eigenvalue weighted by Crippen LogP contribution is -1.99. The number of hydrogen-bond acceptors (Lipinski definition) is 0. The van der Waals surface area contributed by atoms with E-state index in [0.29, 0.717) is 0 Å². The third kappa shape index (κ3) is 2.07. The second-order valence-corrected chi connectivity index (χ2v) is 4.85. The van der Waals surface area contributed by atoms with Gasteiger partial charge in [0.1, 0.15) is 0 Å². The largest absolute Gasteiger partial charge is 0.0807 e. The highest BCUT2D eigenvalue weighted by molar-refractivity contribution is 5.70. The molecule has 0 saturated carbocycles. The third-order valence-electron chi connectivity index (χ3n) is 3.92. The molecule has 1 aromatic carbocycles. The Labute approximate surface area is 99.4 Å². The molecule has 16 heavy (non-hydrogen) atoms. The summed E-state index contributed by atoms with van der Waals surface area (Å²) in [5.74, 6) is 0. The van der Waals surface area contributed by atoms with Gasteiger partial charge >= 0.3 is 0 Å². The Morgan fingerprint density at radius 2 is 1.88 bits per heavy atom. The van der Waals surface area contributed by atoms with Crippen LogP contribution < -0.4 is 0 Å². The fraction of sp³-hybridized carbons (Fsp3) is 0.500. The maximum atomic E-state index is 2.44. The zero-order chi connectivity index (χ0) is 11.5. The van der Waals surface area contributed by atoms with Gasteiger partial charge in [0.2, 0.25) is 0 Å². The van der Waals surface area contributed by atoms with Crippen LogP contribution in [0.5, 0.6) is 0 Å². The van der Waals surface area contributed by atoms with E-state index in [2.05, 4.69) is 39.0 Å². The summed E-state index contributed by atoms with van der Waals surface area (Å²) < 4.78 is 0. The number of benzene rings is 1. The van der Waals surface area contributed by atoms with Crippen LogP contribution in [0, 0.1) is 13.8 Å². The van der Waals surface area contributed by atoms with Crippen molar-refractivity contribution < 1.29 is 0 Å². The van der Waals surface area contributed by atoms with E-state index in [1.165, 1.54) is 47.9 Å². The number of rotatable bonds is 2. The fourth-order valence-electron chi connectivity index (χ4n) is 2.69. The minimum Gasteiger partial charge on any atom is -0.0807 e. The second kappa shape index (κ2) is 4.86. The molecule has 0 unspecified atom stereocenters. The van der Waals surface area contributed by atoms with E-state index in [1.54, 1.807) is 5.57 Å². The first-order valence-electron chi connectivity index (χ1n) is 6.52. The zero-order valence-electron chi connectivity index (χ0n) is 10.8. The lowest BCUT2D eigenvalue weighted by molar-refractivity contribution is 0.741. The molecule has 0 aromatic heterocycles. The molecule has 1 aliphatic rings. The third-order valence-corrected chi connectivity index (χ3v) is 3.92. The SMILES string of the molecule is CCc1ccc(C2=CCCCC2)c(C)c1C. The predicted octanol–water partition coefficient (Wildman–Crippen LogP) is 4.82. The lowest BCUT2D eigenvalue weighted by atomic mass is 9.88. The summed E-state index contributed by atoms with van der Waals surface area (Å²) in [4.78, 5) is 0. The molecule has 0 atom stereocenters. The normalized spacial score (nSPS) is 16.1. The first-order valence-corrected chi connectivity index (χ1v) is 6.52. The maximum Gasteiger partial charge on any atom is -0.0196 e. The Morgan fingerprint density at radius 1 is 1.06 bits per heavy atom. The Morgan fingerprint density at radius 3 is 2.50 bits per heavy atom. The molecule has 86 valence electrons. The van der Waals surface area contributed by atoms with E-state index in [9.17, 15) is 0 Å². The second-order valence-electron chi connectivity index (χ2n) is 4.85. The van der Waals surface area contributed by atoms with Gasteiger partial charge in [-0.2, -0.15) is 0 Å². The van der Waals surface area contributed by atoms with Gasteiger partial charge in [0.15, 0.2) is 0 Å². The molecular formula is C16H22. The first kappa shape index (κ1) is 11.4. The molecule has 0 saturated heterocycles. The average molecular weight is 214 g/mol. The Bertz CT molecular complexity index is 410. The van der Waals surface area contributed by atoms with Crippen LogP contribution in [-0.4, -0.2) is 0 Å². The van der Waals surface area contributed by atoms with Gasteiger partial charge in [0, 0.05) is 0 Å². The molecule has 0 heteroatoms. The monoisotopic (exact) mass is 214 g/mol. The van der Waals surface area contributed by atoms with Crippen molar-refractivity contribution in [3.05, 3.63) is 40.5 Å². The van der Waals surface area contributed by atoms with Crippen LogP contribution in [0.1, 0.15) is 54.9 Å². The summed E-state index contributed by atoms with van der Waals surface area (Å²) >= 11 is 0. The van der Waals surface area contributed by atoms with Crippen molar-refractivity contribution in [2.24, 2.45) is 0 Å². The minimum absolute atomic E-state index is 1.14. The minimum atomic E-state index is 1.14. The first-order chi connectivity index (χ1) is 7.74. The molecule has 0 spiro atoms. The fourth-order valence-corrected chi connectivity index (χ4v) is 2.69. The number of allylic oxidation sites excluding steroid dienone is 2.